The van der Waals surface area contributed by atoms with Crippen LogP contribution in [0.25, 0.3) is 5.57 Å². The highest BCUT2D eigenvalue weighted by molar-refractivity contribution is 5.75. The maximum absolute atomic E-state index is 13.6. The second-order valence-electron chi connectivity index (χ2n) is 10.5. The van der Waals surface area contributed by atoms with Crippen LogP contribution in [-0.2, 0) is 14.3 Å². The summed E-state index contributed by atoms with van der Waals surface area (Å²) in [6.07, 6.45) is 10.6. The van der Waals surface area contributed by atoms with Crippen molar-refractivity contribution in [2.24, 2.45) is 34.6 Å². The first-order chi connectivity index (χ1) is 17.8. The highest BCUT2D eigenvalue weighted by atomic mass is 19.1. The molecule has 6 nitrogen and oxygen atoms in total. The third-order valence-electron chi connectivity index (χ3n) is 8.31. The molecule has 1 heterocycles. The Balaban J connectivity index is 1.53. The van der Waals surface area contributed by atoms with Crippen LogP contribution in [-0.4, -0.2) is 43.0 Å². The van der Waals surface area contributed by atoms with Crippen LogP contribution in [0.2, 0.25) is 0 Å². The number of hydrogen-bond donors (Lipinski definition) is 2. The molecule has 0 spiro atoms. The molecule has 8 unspecified atom stereocenters. The number of aliphatic imine (C=N–C) groups is 1. The van der Waals surface area contributed by atoms with Crippen LogP contribution in [0, 0.1) is 35.4 Å². The molecule has 2 saturated carbocycles. The van der Waals surface area contributed by atoms with Crippen LogP contribution in [0.5, 0.6) is 0 Å². The van der Waals surface area contributed by atoms with Crippen LogP contribution in [0.15, 0.2) is 59.3 Å². The number of hydrogen-bond acceptors (Lipinski definition) is 6. The summed E-state index contributed by atoms with van der Waals surface area (Å²) in [6.45, 7) is 9.97. The van der Waals surface area contributed by atoms with E-state index in [1.54, 1.807) is 6.07 Å². The molecule has 1 saturated heterocycles. The lowest BCUT2D eigenvalue weighted by atomic mass is 9.57. The van der Waals surface area contributed by atoms with Crippen molar-refractivity contribution in [2.45, 2.75) is 65.0 Å². The summed E-state index contributed by atoms with van der Waals surface area (Å²) in [6, 6.07) is 6.66. The van der Waals surface area contributed by atoms with Gasteiger partial charge in [0.15, 0.2) is 0 Å². The first-order valence-electron chi connectivity index (χ1n) is 13.4. The number of nitrogens with zero attached hydrogens (tertiary/aromatic N) is 1. The molecule has 2 N–H and O–H groups in total. The second kappa shape index (κ2) is 12.3. The van der Waals surface area contributed by atoms with Crippen molar-refractivity contribution in [1.82, 2.24) is 5.32 Å². The second-order valence-corrected chi connectivity index (χ2v) is 10.5. The lowest BCUT2D eigenvalue weighted by Crippen LogP contribution is -2.49. The molecule has 3 aliphatic rings. The number of allylic oxidation sites excluding steroid dienone is 5. The van der Waals surface area contributed by atoms with Gasteiger partial charge in [0.25, 0.3) is 0 Å². The highest BCUT2D eigenvalue weighted by Gasteiger charge is 2.54. The van der Waals surface area contributed by atoms with E-state index in [1.807, 2.05) is 45.1 Å². The van der Waals surface area contributed by atoms with Gasteiger partial charge in [-0.3, -0.25) is 15.1 Å². The normalized spacial score (nSPS) is 33.1. The van der Waals surface area contributed by atoms with Crippen molar-refractivity contribution in [3.63, 3.8) is 0 Å². The largest absolute Gasteiger partial charge is 0.462 e. The summed E-state index contributed by atoms with van der Waals surface area (Å²) in [5.74, 6) is 0.629. The average Bonchev–Trinajstić information content (AvgIpc) is 3.16. The summed E-state index contributed by atoms with van der Waals surface area (Å²) in [7, 11) is 0. The minimum Gasteiger partial charge on any atom is -0.462 e. The van der Waals surface area contributed by atoms with Gasteiger partial charge in [-0.1, -0.05) is 24.3 Å². The van der Waals surface area contributed by atoms with Gasteiger partial charge in [0.2, 0.25) is 6.41 Å². The van der Waals surface area contributed by atoms with E-state index in [9.17, 15) is 14.3 Å². The van der Waals surface area contributed by atoms with Crippen LogP contribution < -0.4 is 5.32 Å². The molecule has 0 bridgehead atoms. The molecule has 1 aromatic carbocycles. The average molecular weight is 511 g/mol. The number of fused-ring (bicyclic) bond motifs is 2. The summed E-state index contributed by atoms with van der Waals surface area (Å²) in [4.78, 5) is 16.9. The van der Waals surface area contributed by atoms with Crippen LogP contribution in [0.4, 0.5) is 4.39 Å². The standard InChI is InChI=1S/C30H39FN2O4/c1-5-36-30(35)33-24-12-13-25-21(16-24)17-27-28(19(3)37-29(27)34)26(25)14-11-23(32-4)10-9-18(2)20-7-6-8-22(31)15-20/h6-11,14-15,19,21,24-28,30,33,35H,4-5,12-13,16-17H2,1-3H3. The molecular formula is C30H39FN2O4. The Kier molecular flexibility index (Phi) is 9.11. The van der Waals surface area contributed by atoms with Gasteiger partial charge in [0.1, 0.15) is 11.9 Å². The van der Waals surface area contributed by atoms with Gasteiger partial charge in [-0.15, -0.1) is 0 Å². The third kappa shape index (κ3) is 6.46. The Bertz CT molecular complexity index is 1070. The van der Waals surface area contributed by atoms with Crippen LogP contribution >= 0.6 is 0 Å². The van der Waals surface area contributed by atoms with Gasteiger partial charge in [-0.2, -0.15) is 0 Å². The van der Waals surface area contributed by atoms with Crippen LogP contribution in [0.3, 0.4) is 0 Å². The van der Waals surface area contributed by atoms with Crippen molar-refractivity contribution >= 4 is 18.3 Å². The van der Waals surface area contributed by atoms with Gasteiger partial charge in [-0.05, 0) is 106 Å². The SMILES string of the molecule is C=NC(C=CC1C2CCC(NC(O)OCC)CC2CC2C(=O)OC(C)C21)=CC=C(C)c1cccc(F)c1. The topological polar surface area (TPSA) is 80.2 Å². The molecule has 8 atom stereocenters. The lowest BCUT2D eigenvalue weighted by Gasteiger charge is -2.48. The zero-order valence-corrected chi connectivity index (χ0v) is 22.0. The highest BCUT2D eigenvalue weighted by Crippen LogP contribution is 2.53. The summed E-state index contributed by atoms with van der Waals surface area (Å²) < 4.78 is 24.6. The third-order valence-corrected chi connectivity index (χ3v) is 8.31. The smallest absolute Gasteiger partial charge is 0.309 e. The molecule has 0 amide bonds. The monoisotopic (exact) mass is 510 g/mol. The van der Waals surface area contributed by atoms with E-state index < -0.39 is 6.41 Å². The number of aliphatic hydroxyl groups is 1. The minimum atomic E-state index is -0.967. The number of ether oxygens (including phenoxy) is 2. The number of rotatable bonds is 9. The molecule has 0 radical (unpaired) electrons. The molecule has 1 aliphatic heterocycles. The Hall–Kier alpha value is -2.61. The van der Waals surface area contributed by atoms with Crippen molar-refractivity contribution in [3.8, 4) is 0 Å². The molecule has 1 aromatic rings. The first-order valence-corrected chi connectivity index (χ1v) is 13.4. The van der Waals surface area contributed by atoms with Crippen LogP contribution in [0.1, 0.15) is 52.0 Å². The quantitative estimate of drug-likeness (QED) is 0.205. The Morgan fingerprint density at radius 1 is 1.35 bits per heavy atom. The molecule has 3 fully saturated rings. The number of aliphatic hydroxyl groups excluding tert-OH is 1. The fourth-order valence-corrected chi connectivity index (χ4v) is 6.59. The predicted octanol–water partition coefficient (Wildman–Crippen LogP) is 5.25. The number of carbonyl (C=O) groups is 1. The maximum Gasteiger partial charge on any atom is 0.309 e. The van der Waals surface area contributed by atoms with Gasteiger partial charge >= 0.3 is 5.97 Å². The molecule has 7 heteroatoms. The van der Waals surface area contributed by atoms with E-state index >= 15 is 0 Å². The Morgan fingerprint density at radius 2 is 2.16 bits per heavy atom. The number of halogens is 1. The van der Waals surface area contributed by atoms with Gasteiger partial charge < -0.3 is 14.6 Å². The summed E-state index contributed by atoms with van der Waals surface area (Å²) in [5.41, 5.74) is 2.45. The minimum absolute atomic E-state index is 0.0925. The fourth-order valence-electron chi connectivity index (χ4n) is 6.59. The molecular weight excluding hydrogens is 471 g/mol. The molecule has 37 heavy (non-hydrogen) atoms. The lowest BCUT2D eigenvalue weighted by molar-refractivity contribution is -0.145. The summed E-state index contributed by atoms with van der Waals surface area (Å²) >= 11 is 0. The maximum atomic E-state index is 13.6. The number of carbonyl (C=O) groups excluding carboxylic acids is 1. The Morgan fingerprint density at radius 3 is 2.89 bits per heavy atom. The van der Waals surface area contributed by atoms with Gasteiger partial charge in [-0.25, -0.2) is 4.39 Å². The Labute approximate surface area is 219 Å². The number of cyclic esters (lactones) is 1. The molecule has 4 rings (SSSR count). The molecule has 2 aliphatic carbocycles. The van der Waals surface area contributed by atoms with Gasteiger partial charge in [0, 0.05) is 18.6 Å². The molecule has 0 aromatic heterocycles. The number of nitrogens with one attached hydrogen (secondary N) is 1. The van der Waals surface area contributed by atoms with E-state index in [0.717, 1.165) is 36.8 Å². The fraction of sp³-hybridized carbons (Fsp3) is 0.533. The van der Waals surface area contributed by atoms with Crippen molar-refractivity contribution in [1.29, 1.82) is 0 Å². The molecule has 200 valence electrons. The van der Waals surface area contributed by atoms with Crippen molar-refractivity contribution < 1.29 is 23.8 Å². The summed E-state index contributed by atoms with van der Waals surface area (Å²) in [5, 5.41) is 13.2. The van der Waals surface area contributed by atoms with Crippen molar-refractivity contribution in [2.75, 3.05) is 6.61 Å². The van der Waals surface area contributed by atoms with Gasteiger partial charge in [0.05, 0.1) is 11.6 Å². The van der Waals surface area contributed by atoms with E-state index in [2.05, 4.69) is 23.1 Å². The van der Waals surface area contributed by atoms with E-state index in [1.165, 1.54) is 12.1 Å². The predicted molar refractivity (Wildman–Crippen MR) is 143 cm³/mol. The van der Waals surface area contributed by atoms with Crippen molar-refractivity contribution in [3.05, 3.63) is 65.6 Å². The van der Waals surface area contributed by atoms with E-state index in [-0.39, 0.29) is 41.7 Å². The van der Waals surface area contributed by atoms with E-state index in [0.29, 0.717) is 24.1 Å². The van der Waals surface area contributed by atoms with E-state index in [4.69, 9.17) is 9.47 Å². The zero-order valence-electron chi connectivity index (χ0n) is 22.0. The number of esters is 1. The first kappa shape index (κ1) is 27.4. The number of benzene rings is 1. The zero-order chi connectivity index (χ0) is 26.5.